The highest BCUT2D eigenvalue weighted by Gasteiger charge is 2.06. The van der Waals surface area contributed by atoms with Crippen molar-refractivity contribution >= 4 is 11.6 Å². The average molecular weight is 326 g/mol. The molecule has 0 aliphatic heterocycles. The number of hydrogen-bond donors (Lipinski definition) is 2. The Bertz CT molecular complexity index is 656. The fourth-order valence-electron chi connectivity index (χ4n) is 2.49. The summed E-state index contributed by atoms with van der Waals surface area (Å²) in [5.41, 5.74) is 9.88. The quantitative estimate of drug-likeness (QED) is 0.548. The van der Waals surface area contributed by atoms with E-state index in [0.717, 1.165) is 35.4 Å². The van der Waals surface area contributed by atoms with E-state index in [1.54, 1.807) is 0 Å². The van der Waals surface area contributed by atoms with E-state index in [1.807, 2.05) is 48.5 Å². The minimum absolute atomic E-state index is 0.0301. The van der Waals surface area contributed by atoms with Gasteiger partial charge in [-0.25, -0.2) is 0 Å². The van der Waals surface area contributed by atoms with Crippen LogP contribution in [0.1, 0.15) is 36.5 Å². The second kappa shape index (κ2) is 9.73. The zero-order valence-corrected chi connectivity index (χ0v) is 14.3. The first-order chi connectivity index (χ1) is 11.7. The third kappa shape index (κ3) is 5.70. The first-order valence-electron chi connectivity index (χ1n) is 8.45. The third-order valence-corrected chi connectivity index (χ3v) is 3.88. The van der Waals surface area contributed by atoms with Crippen molar-refractivity contribution in [3.05, 3.63) is 65.2 Å². The average Bonchev–Trinajstić information content (AvgIpc) is 2.60. The number of ether oxygens (including phenoxy) is 1. The molecule has 0 spiro atoms. The van der Waals surface area contributed by atoms with Crippen LogP contribution in [0.5, 0.6) is 0 Å². The summed E-state index contributed by atoms with van der Waals surface area (Å²) in [6, 6.07) is 15.7. The van der Waals surface area contributed by atoms with Crippen molar-refractivity contribution in [3.8, 4) is 0 Å². The van der Waals surface area contributed by atoms with Gasteiger partial charge in [0.05, 0.1) is 6.61 Å². The molecule has 2 rings (SSSR count). The molecule has 0 radical (unpaired) electrons. The van der Waals surface area contributed by atoms with Crippen molar-refractivity contribution in [2.45, 2.75) is 39.3 Å². The molecule has 0 bridgehead atoms. The molecule has 2 aromatic carbocycles. The second-order valence-electron chi connectivity index (χ2n) is 5.80. The fraction of sp³-hybridized carbons (Fsp3) is 0.350. The Morgan fingerprint density at radius 2 is 1.71 bits per heavy atom. The van der Waals surface area contributed by atoms with Crippen LogP contribution in [0, 0.1) is 0 Å². The van der Waals surface area contributed by atoms with Gasteiger partial charge in [-0.1, -0.05) is 49.4 Å². The maximum atomic E-state index is 12.1. The zero-order chi connectivity index (χ0) is 17.2. The van der Waals surface area contributed by atoms with Gasteiger partial charge >= 0.3 is 0 Å². The van der Waals surface area contributed by atoms with E-state index in [9.17, 15) is 4.79 Å². The van der Waals surface area contributed by atoms with Crippen LogP contribution in [0.4, 0.5) is 5.69 Å². The Morgan fingerprint density at radius 3 is 2.42 bits per heavy atom. The summed E-state index contributed by atoms with van der Waals surface area (Å²) in [4.78, 5) is 12.1. The summed E-state index contributed by atoms with van der Waals surface area (Å²) < 4.78 is 5.61. The molecular formula is C20H26N2O2. The summed E-state index contributed by atoms with van der Waals surface area (Å²) >= 11 is 0. The Morgan fingerprint density at radius 1 is 1.04 bits per heavy atom. The Hall–Kier alpha value is -2.33. The van der Waals surface area contributed by atoms with Crippen LogP contribution in [0.25, 0.3) is 0 Å². The molecule has 0 atom stereocenters. The molecule has 0 aliphatic rings. The largest absolute Gasteiger partial charge is 0.399 e. The predicted molar refractivity (Wildman–Crippen MR) is 97.4 cm³/mol. The number of amides is 1. The highest BCUT2D eigenvalue weighted by Crippen LogP contribution is 2.13. The van der Waals surface area contributed by atoms with Crippen molar-refractivity contribution in [1.29, 1.82) is 0 Å². The molecule has 1 amide bonds. The minimum Gasteiger partial charge on any atom is -0.399 e. The van der Waals surface area contributed by atoms with Gasteiger partial charge in [-0.2, -0.15) is 0 Å². The van der Waals surface area contributed by atoms with Gasteiger partial charge < -0.3 is 15.8 Å². The molecule has 2 aromatic rings. The first-order valence-corrected chi connectivity index (χ1v) is 8.45. The maximum Gasteiger partial charge on any atom is 0.220 e. The van der Waals surface area contributed by atoms with E-state index in [4.69, 9.17) is 10.5 Å². The zero-order valence-electron chi connectivity index (χ0n) is 14.3. The van der Waals surface area contributed by atoms with Gasteiger partial charge in [0.2, 0.25) is 5.91 Å². The standard InChI is InChI=1S/C20H26N2O2/c1-2-13-24-15-18-9-4-3-8-17(18)14-22-20(23)12-11-16-7-5-6-10-19(16)21/h3-10H,2,11-15,21H2,1H3,(H,22,23). The molecule has 0 fully saturated rings. The normalized spacial score (nSPS) is 10.5. The monoisotopic (exact) mass is 326 g/mol. The van der Waals surface area contributed by atoms with E-state index in [1.165, 1.54) is 0 Å². The van der Waals surface area contributed by atoms with Gasteiger partial charge in [-0.05, 0) is 35.6 Å². The lowest BCUT2D eigenvalue weighted by Crippen LogP contribution is -2.23. The third-order valence-electron chi connectivity index (χ3n) is 3.88. The van der Waals surface area contributed by atoms with Crippen LogP contribution in [-0.4, -0.2) is 12.5 Å². The molecule has 0 aromatic heterocycles. The van der Waals surface area contributed by atoms with Crippen LogP contribution in [0.3, 0.4) is 0 Å². The second-order valence-corrected chi connectivity index (χ2v) is 5.80. The lowest BCUT2D eigenvalue weighted by atomic mass is 10.1. The van der Waals surface area contributed by atoms with Gasteiger partial charge in [-0.3, -0.25) is 4.79 Å². The molecule has 4 nitrogen and oxygen atoms in total. The predicted octanol–water partition coefficient (Wildman–Crippen LogP) is 3.44. The van der Waals surface area contributed by atoms with E-state index in [2.05, 4.69) is 12.2 Å². The molecule has 3 N–H and O–H groups in total. The summed E-state index contributed by atoms with van der Waals surface area (Å²) in [5, 5.41) is 2.98. The molecule has 128 valence electrons. The van der Waals surface area contributed by atoms with Crippen LogP contribution in [0.15, 0.2) is 48.5 Å². The van der Waals surface area contributed by atoms with Crippen LogP contribution in [-0.2, 0) is 29.1 Å². The van der Waals surface area contributed by atoms with Gasteiger partial charge in [-0.15, -0.1) is 0 Å². The first kappa shape index (κ1) is 18.0. The van der Waals surface area contributed by atoms with Crippen molar-refractivity contribution in [1.82, 2.24) is 5.32 Å². The van der Waals surface area contributed by atoms with Crippen molar-refractivity contribution < 1.29 is 9.53 Å². The topological polar surface area (TPSA) is 64.3 Å². The SMILES string of the molecule is CCCOCc1ccccc1CNC(=O)CCc1ccccc1N. The molecule has 0 saturated heterocycles. The molecule has 0 saturated carbocycles. The molecule has 0 aliphatic carbocycles. The number of nitrogens with one attached hydrogen (secondary N) is 1. The lowest BCUT2D eigenvalue weighted by Gasteiger charge is -2.11. The Labute approximate surface area is 144 Å². The summed E-state index contributed by atoms with van der Waals surface area (Å²) in [7, 11) is 0. The highest BCUT2D eigenvalue weighted by atomic mass is 16.5. The number of anilines is 1. The van der Waals surface area contributed by atoms with Crippen molar-refractivity contribution in [3.63, 3.8) is 0 Å². The van der Waals surface area contributed by atoms with E-state index < -0.39 is 0 Å². The lowest BCUT2D eigenvalue weighted by molar-refractivity contribution is -0.121. The number of hydrogen-bond acceptors (Lipinski definition) is 3. The summed E-state index contributed by atoms with van der Waals surface area (Å²) in [5.74, 6) is 0.0301. The number of nitrogen functional groups attached to an aromatic ring is 1. The molecule has 0 unspecified atom stereocenters. The highest BCUT2D eigenvalue weighted by molar-refractivity contribution is 5.76. The number of carbonyl (C=O) groups is 1. The number of nitrogens with two attached hydrogens (primary N) is 1. The van der Waals surface area contributed by atoms with Gasteiger partial charge in [0.15, 0.2) is 0 Å². The van der Waals surface area contributed by atoms with Crippen LogP contribution < -0.4 is 11.1 Å². The molecule has 4 heteroatoms. The van der Waals surface area contributed by atoms with Crippen LogP contribution >= 0.6 is 0 Å². The summed E-state index contributed by atoms with van der Waals surface area (Å²) in [6.45, 7) is 3.94. The van der Waals surface area contributed by atoms with E-state index >= 15 is 0 Å². The van der Waals surface area contributed by atoms with Gasteiger partial charge in [0.25, 0.3) is 0 Å². The number of rotatable bonds is 9. The number of aryl methyl sites for hydroxylation is 1. The Kier molecular flexibility index (Phi) is 7.30. The minimum atomic E-state index is 0.0301. The van der Waals surface area contributed by atoms with E-state index in [-0.39, 0.29) is 5.91 Å². The maximum absolute atomic E-state index is 12.1. The summed E-state index contributed by atoms with van der Waals surface area (Å²) in [6.07, 6.45) is 2.09. The van der Waals surface area contributed by atoms with Gasteiger partial charge in [0.1, 0.15) is 0 Å². The molecular weight excluding hydrogens is 300 g/mol. The number of para-hydroxylation sites is 1. The molecule has 24 heavy (non-hydrogen) atoms. The van der Waals surface area contributed by atoms with Crippen molar-refractivity contribution in [2.24, 2.45) is 0 Å². The number of benzene rings is 2. The van der Waals surface area contributed by atoms with Crippen LogP contribution in [0.2, 0.25) is 0 Å². The molecule has 0 heterocycles. The van der Waals surface area contributed by atoms with Gasteiger partial charge in [0, 0.05) is 25.3 Å². The smallest absolute Gasteiger partial charge is 0.220 e. The Balaban J connectivity index is 1.82. The fourth-order valence-corrected chi connectivity index (χ4v) is 2.49. The van der Waals surface area contributed by atoms with E-state index in [0.29, 0.717) is 26.0 Å². The number of carbonyl (C=O) groups excluding carboxylic acids is 1. The van der Waals surface area contributed by atoms with Crippen molar-refractivity contribution in [2.75, 3.05) is 12.3 Å².